The molecule has 7 nitrogen and oxygen atoms in total. The highest BCUT2D eigenvalue weighted by Gasteiger charge is 2.11. The van der Waals surface area contributed by atoms with Crippen LogP contribution in [0.2, 0.25) is 0 Å². The number of fused-ring (bicyclic) bond motifs is 1. The van der Waals surface area contributed by atoms with E-state index < -0.39 is 10.1 Å². The van der Waals surface area contributed by atoms with Gasteiger partial charge in [0.2, 0.25) is 0 Å². The van der Waals surface area contributed by atoms with E-state index in [9.17, 15) is 13.2 Å². The summed E-state index contributed by atoms with van der Waals surface area (Å²) in [7, 11) is -4.26. The van der Waals surface area contributed by atoms with E-state index in [2.05, 4.69) is 17.2 Å². The Morgan fingerprint density at radius 1 is 0.700 bits per heavy atom. The number of nitrogens with zero attached hydrogens (tertiary/aromatic N) is 2. The molecule has 3 aromatic carbocycles. The molecular weight excluding hydrogens is 524 g/mol. The number of unbranched alkanes of at least 4 members (excludes halogenated alkanes) is 12. The highest BCUT2D eigenvalue weighted by molar-refractivity contribution is 7.85. The van der Waals surface area contributed by atoms with Gasteiger partial charge in [-0.1, -0.05) is 108 Å². The molecule has 3 rings (SSSR count). The van der Waals surface area contributed by atoms with Crippen LogP contribution in [0, 0.1) is 0 Å². The molecule has 0 aliphatic rings. The predicted molar refractivity (Wildman–Crippen MR) is 160 cm³/mol. The van der Waals surface area contributed by atoms with Gasteiger partial charge in [-0.2, -0.15) is 13.5 Å². The van der Waals surface area contributed by atoms with Crippen molar-refractivity contribution in [3.8, 4) is 5.75 Å². The minimum absolute atomic E-state index is 0.207. The zero-order valence-corrected chi connectivity index (χ0v) is 24.4. The minimum Gasteiger partial charge on any atom is -0.426 e. The van der Waals surface area contributed by atoms with Crippen LogP contribution < -0.4 is 4.74 Å². The smallest absolute Gasteiger partial charge is 0.311 e. The van der Waals surface area contributed by atoms with Gasteiger partial charge in [-0.3, -0.25) is 9.35 Å². The molecule has 216 valence electrons. The molecule has 0 amide bonds. The molecule has 0 aromatic heterocycles. The van der Waals surface area contributed by atoms with E-state index in [4.69, 9.17) is 9.29 Å². The quantitative estimate of drug-likeness (QED) is 0.0542. The van der Waals surface area contributed by atoms with Crippen molar-refractivity contribution in [1.29, 1.82) is 0 Å². The van der Waals surface area contributed by atoms with Crippen LogP contribution in [-0.2, 0) is 14.9 Å². The van der Waals surface area contributed by atoms with E-state index in [1.165, 1.54) is 88.5 Å². The third kappa shape index (κ3) is 10.8. The first kappa shape index (κ1) is 31.4. The number of hydrogen-bond acceptors (Lipinski definition) is 6. The zero-order chi connectivity index (χ0) is 28.6. The van der Waals surface area contributed by atoms with Crippen LogP contribution in [0.3, 0.4) is 0 Å². The number of azo groups is 1. The number of carbonyl (C=O) groups excluding carboxylic acids is 1. The number of rotatable bonds is 18. The second kappa shape index (κ2) is 16.9. The Morgan fingerprint density at radius 2 is 1.25 bits per heavy atom. The molecule has 0 atom stereocenters. The Morgan fingerprint density at radius 3 is 1.82 bits per heavy atom. The average Bonchev–Trinajstić information content (AvgIpc) is 2.95. The van der Waals surface area contributed by atoms with Gasteiger partial charge in [0, 0.05) is 17.2 Å². The maximum Gasteiger partial charge on any atom is 0.311 e. The molecule has 40 heavy (non-hydrogen) atoms. The van der Waals surface area contributed by atoms with Gasteiger partial charge in [-0.05, 0) is 42.8 Å². The lowest BCUT2D eigenvalue weighted by Crippen LogP contribution is -2.07. The minimum atomic E-state index is -4.26. The summed E-state index contributed by atoms with van der Waals surface area (Å²) in [5.74, 6) is 0.258. The molecule has 1 N–H and O–H groups in total. The van der Waals surface area contributed by atoms with Crippen LogP contribution >= 0.6 is 0 Å². The van der Waals surface area contributed by atoms with Crippen molar-refractivity contribution in [2.75, 3.05) is 0 Å². The van der Waals surface area contributed by atoms with Gasteiger partial charge in [0.1, 0.15) is 5.75 Å². The van der Waals surface area contributed by atoms with E-state index in [-0.39, 0.29) is 10.9 Å². The normalized spacial score (nSPS) is 11.8. The standard InChI is InChI=1S/C32H42N2O5S/c1-2-3-4-5-6-7-8-9-10-11-12-13-14-19-32(35)39-31-25-24-30(28-17-15-16-18-29(28)31)34-33-26-20-22-27(23-21-26)40(36,37)38/h15-18,20-25H,2-14,19H2,1H3,(H,36,37,38). The second-order valence-electron chi connectivity index (χ2n) is 10.3. The van der Waals surface area contributed by atoms with Crippen molar-refractivity contribution < 1.29 is 22.5 Å². The predicted octanol–water partition coefficient (Wildman–Crippen LogP) is 9.89. The average molecular weight is 567 g/mol. The van der Waals surface area contributed by atoms with Crippen molar-refractivity contribution in [3.05, 3.63) is 60.7 Å². The number of ether oxygens (including phenoxy) is 1. The monoisotopic (exact) mass is 566 g/mol. The van der Waals surface area contributed by atoms with Crippen LogP contribution in [0.5, 0.6) is 5.75 Å². The topological polar surface area (TPSA) is 105 Å². The third-order valence-corrected chi connectivity index (χ3v) is 7.84. The molecule has 3 aromatic rings. The fourth-order valence-corrected chi connectivity index (χ4v) is 5.17. The van der Waals surface area contributed by atoms with Gasteiger partial charge in [0.05, 0.1) is 16.3 Å². The molecule has 0 unspecified atom stereocenters. The molecule has 0 aliphatic carbocycles. The van der Waals surface area contributed by atoms with Gasteiger partial charge in [0.15, 0.2) is 0 Å². The van der Waals surface area contributed by atoms with E-state index in [1.54, 1.807) is 12.1 Å². The Hall–Kier alpha value is -3.10. The molecule has 0 saturated carbocycles. The summed E-state index contributed by atoms with van der Waals surface area (Å²) in [5, 5.41) is 10.0. The molecule has 0 spiro atoms. The fourth-order valence-electron chi connectivity index (χ4n) is 4.69. The molecule has 0 heterocycles. The molecule has 0 radical (unpaired) electrons. The Bertz CT molecular complexity index is 1340. The SMILES string of the molecule is CCCCCCCCCCCCCCCC(=O)Oc1ccc(N=Nc2ccc(S(=O)(=O)O)cc2)c2ccccc12. The number of esters is 1. The van der Waals surface area contributed by atoms with E-state index in [0.717, 1.165) is 30.0 Å². The van der Waals surface area contributed by atoms with Gasteiger partial charge < -0.3 is 4.74 Å². The van der Waals surface area contributed by atoms with Gasteiger partial charge in [-0.15, -0.1) is 5.11 Å². The number of carbonyl (C=O) groups is 1. The number of benzene rings is 3. The lowest BCUT2D eigenvalue weighted by Gasteiger charge is -2.09. The van der Waals surface area contributed by atoms with E-state index in [1.807, 2.05) is 24.3 Å². The van der Waals surface area contributed by atoms with E-state index in [0.29, 0.717) is 23.5 Å². The highest BCUT2D eigenvalue weighted by atomic mass is 32.2. The summed E-state index contributed by atoms with van der Waals surface area (Å²) in [4.78, 5) is 12.3. The zero-order valence-electron chi connectivity index (χ0n) is 23.6. The lowest BCUT2D eigenvalue weighted by atomic mass is 10.0. The van der Waals surface area contributed by atoms with Crippen molar-refractivity contribution >= 4 is 38.2 Å². The second-order valence-corrected chi connectivity index (χ2v) is 11.7. The first-order chi connectivity index (χ1) is 19.4. The summed E-state index contributed by atoms with van der Waals surface area (Å²) in [6.45, 7) is 2.25. The van der Waals surface area contributed by atoms with Crippen molar-refractivity contribution in [3.63, 3.8) is 0 Å². The maximum absolute atomic E-state index is 12.5. The third-order valence-electron chi connectivity index (χ3n) is 6.98. The van der Waals surface area contributed by atoms with Crippen molar-refractivity contribution in [1.82, 2.24) is 0 Å². The van der Waals surface area contributed by atoms with Gasteiger partial charge >= 0.3 is 5.97 Å². The maximum atomic E-state index is 12.5. The van der Waals surface area contributed by atoms with Crippen molar-refractivity contribution in [2.24, 2.45) is 10.2 Å². The molecule has 0 aliphatic heterocycles. The summed E-state index contributed by atoms with van der Waals surface area (Å²) >= 11 is 0. The Balaban J connectivity index is 1.42. The van der Waals surface area contributed by atoms with Crippen molar-refractivity contribution in [2.45, 2.75) is 102 Å². The first-order valence-corrected chi connectivity index (χ1v) is 16.0. The fraction of sp³-hybridized carbons (Fsp3) is 0.469. The van der Waals surface area contributed by atoms with Crippen LogP contribution in [-0.4, -0.2) is 18.9 Å². The Kier molecular flexibility index (Phi) is 13.3. The summed E-state index contributed by atoms with van der Waals surface area (Å²) < 4.78 is 37.2. The molecule has 0 fully saturated rings. The summed E-state index contributed by atoms with van der Waals surface area (Å²) in [6, 6.07) is 16.4. The molecule has 0 bridgehead atoms. The van der Waals surface area contributed by atoms with E-state index >= 15 is 0 Å². The highest BCUT2D eigenvalue weighted by Crippen LogP contribution is 2.34. The Labute approximate surface area is 238 Å². The summed E-state index contributed by atoms with van der Waals surface area (Å²) in [5.41, 5.74) is 1.02. The largest absolute Gasteiger partial charge is 0.426 e. The number of hydrogen-bond donors (Lipinski definition) is 1. The lowest BCUT2D eigenvalue weighted by molar-refractivity contribution is -0.134. The van der Waals surface area contributed by atoms with Crippen LogP contribution in [0.4, 0.5) is 11.4 Å². The summed E-state index contributed by atoms with van der Waals surface area (Å²) in [6.07, 6.45) is 16.8. The van der Waals surface area contributed by atoms with Gasteiger partial charge in [0.25, 0.3) is 10.1 Å². The van der Waals surface area contributed by atoms with Crippen LogP contribution in [0.25, 0.3) is 10.8 Å². The molecule has 8 heteroatoms. The molecule has 0 saturated heterocycles. The van der Waals surface area contributed by atoms with Crippen LogP contribution in [0.15, 0.2) is 75.8 Å². The van der Waals surface area contributed by atoms with Gasteiger partial charge in [-0.25, -0.2) is 0 Å². The molecular formula is C32H42N2O5S. The van der Waals surface area contributed by atoms with Crippen LogP contribution in [0.1, 0.15) is 96.8 Å². The first-order valence-electron chi connectivity index (χ1n) is 14.6.